The molecule has 0 amide bonds. The SMILES string of the molecule is CCCc1nc2c(n1Cc1ccc(-c3ccccc3SNc3noc(C)c3C)cc1)C(=O)CCCC2. The van der Waals surface area contributed by atoms with E-state index in [2.05, 4.69) is 63.8 Å². The van der Waals surface area contributed by atoms with Gasteiger partial charge in [0, 0.05) is 29.8 Å². The van der Waals surface area contributed by atoms with Gasteiger partial charge in [0.05, 0.1) is 5.69 Å². The molecule has 0 spiro atoms. The summed E-state index contributed by atoms with van der Waals surface area (Å²) in [5.41, 5.74) is 6.32. The topological polar surface area (TPSA) is 73.0 Å². The van der Waals surface area contributed by atoms with E-state index in [-0.39, 0.29) is 5.78 Å². The summed E-state index contributed by atoms with van der Waals surface area (Å²) in [7, 11) is 0. The van der Waals surface area contributed by atoms with E-state index in [9.17, 15) is 4.79 Å². The van der Waals surface area contributed by atoms with E-state index in [0.29, 0.717) is 13.0 Å². The molecule has 1 N–H and O–H groups in total. The van der Waals surface area contributed by atoms with Gasteiger partial charge in [-0.05, 0) is 74.2 Å². The molecule has 0 saturated heterocycles. The number of ketones is 1. The van der Waals surface area contributed by atoms with Crippen molar-refractivity contribution in [1.82, 2.24) is 14.7 Å². The lowest BCUT2D eigenvalue weighted by molar-refractivity contribution is 0.0973. The number of carbonyl (C=O) groups excluding carboxylic acids is 1. The molecule has 7 heteroatoms. The van der Waals surface area contributed by atoms with E-state index < -0.39 is 0 Å². The van der Waals surface area contributed by atoms with Crippen LogP contribution in [-0.2, 0) is 19.4 Å². The minimum atomic E-state index is 0.241. The van der Waals surface area contributed by atoms with Crippen LogP contribution in [0.1, 0.15) is 71.5 Å². The lowest BCUT2D eigenvalue weighted by Gasteiger charge is -2.13. The van der Waals surface area contributed by atoms with E-state index in [0.717, 1.165) is 82.5 Å². The van der Waals surface area contributed by atoms with Crippen LogP contribution in [0, 0.1) is 13.8 Å². The number of fused-ring (bicyclic) bond motifs is 1. The van der Waals surface area contributed by atoms with Crippen LogP contribution in [0.2, 0.25) is 0 Å². The Labute approximate surface area is 216 Å². The van der Waals surface area contributed by atoms with Crippen molar-refractivity contribution in [2.24, 2.45) is 0 Å². The number of benzene rings is 2. The predicted molar refractivity (Wildman–Crippen MR) is 145 cm³/mol. The molecule has 0 fully saturated rings. The van der Waals surface area contributed by atoms with Crippen LogP contribution >= 0.6 is 11.9 Å². The van der Waals surface area contributed by atoms with Crippen molar-refractivity contribution in [2.45, 2.75) is 70.7 Å². The highest BCUT2D eigenvalue weighted by Crippen LogP contribution is 2.33. The summed E-state index contributed by atoms with van der Waals surface area (Å²) in [5.74, 6) is 2.85. The molecule has 2 aromatic carbocycles. The lowest BCUT2D eigenvalue weighted by atomic mass is 10.0. The monoisotopic (exact) mass is 500 g/mol. The average Bonchev–Trinajstić information content (AvgIpc) is 3.32. The standard InChI is InChI=1S/C29H32N4O2S/c1-4-9-27-30-24-11-6-7-12-25(34)28(24)33(27)18-21-14-16-22(17-15-21)23-10-5-8-13-26(23)36-32-29-19(2)20(3)35-31-29/h5,8,10,13-17H,4,6-7,9,11-12,18H2,1-3H3,(H,31,32). The Hall–Kier alpha value is -3.32. The molecule has 186 valence electrons. The molecule has 0 unspecified atom stereocenters. The smallest absolute Gasteiger partial charge is 0.182 e. The molecule has 4 aromatic rings. The zero-order valence-corrected chi connectivity index (χ0v) is 22.0. The van der Waals surface area contributed by atoms with E-state index in [1.54, 1.807) is 0 Å². The molecule has 5 rings (SSSR count). The Morgan fingerprint density at radius 3 is 2.58 bits per heavy atom. The Kier molecular flexibility index (Phi) is 7.28. The summed E-state index contributed by atoms with van der Waals surface area (Å²) < 4.78 is 10.8. The van der Waals surface area contributed by atoms with Gasteiger partial charge in [-0.15, -0.1) is 0 Å². The second-order valence-corrected chi connectivity index (χ2v) is 10.2. The summed E-state index contributed by atoms with van der Waals surface area (Å²) in [6, 6.07) is 17.0. The zero-order valence-electron chi connectivity index (χ0n) is 21.1. The first kappa shape index (κ1) is 24.4. The van der Waals surface area contributed by atoms with Gasteiger partial charge in [-0.1, -0.05) is 54.5 Å². The second-order valence-electron chi connectivity index (χ2n) is 9.40. The molecule has 0 saturated carbocycles. The van der Waals surface area contributed by atoms with Gasteiger partial charge in [0.15, 0.2) is 11.6 Å². The van der Waals surface area contributed by atoms with Gasteiger partial charge in [-0.25, -0.2) is 4.98 Å². The molecule has 2 heterocycles. The zero-order chi connectivity index (χ0) is 25.1. The maximum atomic E-state index is 12.9. The maximum Gasteiger partial charge on any atom is 0.182 e. The number of aryl methyl sites for hydroxylation is 3. The van der Waals surface area contributed by atoms with Crippen molar-refractivity contribution in [1.29, 1.82) is 0 Å². The van der Waals surface area contributed by atoms with Gasteiger partial charge in [-0.3, -0.25) is 4.79 Å². The summed E-state index contributed by atoms with van der Waals surface area (Å²) in [6.45, 7) is 6.75. The first-order valence-corrected chi connectivity index (χ1v) is 13.5. The van der Waals surface area contributed by atoms with Crippen molar-refractivity contribution in [3.63, 3.8) is 0 Å². The molecule has 1 aliphatic carbocycles. The highest BCUT2D eigenvalue weighted by Gasteiger charge is 2.24. The first-order valence-electron chi connectivity index (χ1n) is 12.7. The molecule has 0 bridgehead atoms. The summed E-state index contributed by atoms with van der Waals surface area (Å²) in [4.78, 5) is 18.9. The highest BCUT2D eigenvalue weighted by molar-refractivity contribution is 8.00. The fraction of sp³-hybridized carbons (Fsp3) is 0.345. The van der Waals surface area contributed by atoms with Crippen LogP contribution in [0.5, 0.6) is 0 Å². The fourth-order valence-electron chi connectivity index (χ4n) is 4.70. The number of Topliss-reactive ketones (excluding diaryl/α,β-unsaturated/α-hetero) is 1. The van der Waals surface area contributed by atoms with E-state index >= 15 is 0 Å². The number of anilines is 1. The Balaban J connectivity index is 1.38. The largest absolute Gasteiger partial charge is 0.359 e. The third-order valence-electron chi connectivity index (χ3n) is 6.83. The molecular weight excluding hydrogens is 468 g/mol. The molecule has 6 nitrogen and oxygen atoms in total. The summed E-state index contributed by atoms with van der Waals surface area (Å²) in [6.07, 6.45) is 5.42. The van der Waals surface area contributed by atoms with Gasteiger partial charge < -0.3 is 13.8 Å². The number of nitrogens with zero attached hydrogens (tertiary/aromatic N) is 3. The van der Waals surface area contributed by atoms with E-state index in [4.69, 9.17) is 9.51 Å². The molecule has 1 aliphatic rings. The van der Waals surface area contributed by atoms with Crippen LogP contribution < -0.4 is 4.72 Å². The molecule has 36 heavy (non-hydrogen) atoms. The van der Waals surface area contributed by atoms with Crippen LogP contribution in [0.25, 0.3) is 11.1 Å². The second kappa shape index (κ2) is 10.7. The van der Waals surface area contributed by atoms with Gasteiger partial charge >= 0.3 is 0 Å². The molecule has 0 atom stereocenters. The number of aromatic nitrogens is 3. The lowest BCUT2D eigenvalue weighted by Crippen LogP contribution is -2.13. The van der Waals surface area contributed by atoms with Gasteiger partial charge in [0.1, 0.15) is 17.3 Å². The van der Waals surface area contributed by atoms with Crippen LogP contribution in [0.3, 0.4) is 0 Å². The molecule has 0 aliphatic heterocycles. The number of hydrogen-bond donors (Lipinski definition) is 1. The molecule has 2 aromatic heterocycles. The number of nitrogens with one attached hydrogen (secondary N) is 1. The average molecular weight is 501 g/mol. The Morgan fingerprint density at radius 2 is 1.83 bits per heavy atom. The first-order chi connectivity index (χ1) is 17.5. The van der Waals surface area contributed by atoms with E-state index in [1.807, 2.05) is 19.9 Å². The van der Waals surface area contributed by atoms with Crippen molar-refractivity contribution in [2.75, 3.05) is 4.72 Å². The maximum absolute atomic E-state index is 12.9. The van der Waals surface area contributed by atoms with Gasteiger partial charge in [-0.2, -0.15) is 0 Å². The summed E-state index contributed by atoms with van der Waals surface area (Å²) in [5, 5.41) is 4.10. The highest BCUT2D eigenvalue weighted by atomic mass is 32.2. The minimum Gasteiger partial charge on any atom is -0.359 e. The van der Waals surface area contributed by atoms with Crippen LogP contribution in [0.4, 0.5) is 5.82 Å². The fourth-order valence-corrected chi connectivity index (χ4v) is 5.54. The molecule has 0 radical (unpaired) electrons. The van der Waals surface area contributed by atoms with E-state index in [1.165, 1.54) is 17.5 Å². The number of hydrogen-bond acceptors (Lipinski definition) is 6. The van der Waals surface area contributed by atoms with Crippen molar-refractivity contribution in [3.05, 3.63) is 82.6 Å². The van der Waals surface area contributed by atoms with Crippen LogP contribution in [0.15, 0.2) is 57.9 Å². The normalized spacial score (nSPS) is 13.5. The Morgan fingerprint density at radius 1 is 1.06 bits per heavy atom. The van der Waals surface area contributed by atoms with Gasteiger partial charge in [0.25, 0.3) is 0 Å². The predicted octanol–water partition coefficient (Wildman–Crippen LogP) is 7.18. The van der Waals surface area contributed by atoms with Crippen molar-refractivity contribution < 1.29 is 9.32 Å². The van der Waals surface area contributed by atoms with Crippen molar-refractivity contribution in [3.8, 4) is 11.1 Å². The van der Waals surface area contributed by atoms with Gasteiger partial charge in [0.2, 0.25) is 0 Å². The molecular formula is C29H32N4O2S. The Bertz CT molecular complexity index is 1370. The summed E-state index contributed by atoms with van der Waals surface area (Å²) >= 11 is 1.53. The van der Waals surface area contributed by atoms with Crippen molar-refractivity contribution >= 4 is 23.5 Å². The quantitative estimate of drug-likeness (QED) is 0.204. The number of rotatable bonds is 8. The number of imidazole rings is 1. The third-order valence-corrected chi connectivity index (χ3v) is 7.70. The minimum absolute atomic E-state index is 0.241. The number of carbonyl (C=O) groups is 1. The third kappa shape index (κ3) is 4.98. The van der Waals surface area contributed by atoms with Crippen LogP contribution in [-0.4, -0.2) is 20.5 Å².